The predicted molar refractivity (Wildman–Crippen MR) is 80.7 cm³/mol. The van der Waals surface area contributed by atoms with Crippen molar-refractivity contribution in [2.45, 2.75) is 33.4 Å². The van der Waals surface area contributed by atoms with E-state index in [-0.39, 0.29) is 6.10 Å². The number of aromatic nitrogens is 2. The fourth-order valence-corrected chi connectivity index (χ4v) is 1.66. The summed E-state index contributed by atoms with van der Waals surface area (Å²) in [5.41, 5.74) is 8.48. The minimum atomic E-state index is 0.0429. The average molecular weight is 272 g/mol. The van der Waals surface area contributed by atoms with Crippen LogP contribution in [0.15, 0.2) is 30.5 Å². The number of ether oxygens (including phenoxy) is 1. The highest BCUT2D eigenvalue weighted by Crippen LogP contribution is 2.22. The quantitative estimate of drug-likeness (QED) is 0.875. The molecular weight excluding hydrogens is 252 g/mol. The van der Waals surface area contributed by atoms with Gasteiger partial charge >= 0.3 is 0 Å². The smallest absolute Gasteiger partial charge is 0.239 e. The van der Waals surface area contributed by atoms with Gasteiger partial charge in [-0.3, -0.25) is 4.98 Å². The number of rotatable bonds is 5. The molecule has 5 nitrogen and oxygen atoms in total. The van der Waals surface area contributed by atoms with E-state index >= 15 is 0 Å². The average Bonchev–Trinajstić information content (AvgIpc) is 2.41. The molecule has 2 aromatic heterocycles. The van der Waals surface area contributed by atoms with Crippen LogP contribution < -0.4 is 15.8 Å². The van der Waals surface area contributed by atoms with Gasteiger partial charge in [-0.2, -0.15) is 4.98 Å². The standard InChI is InChI=1S/C15H20N4O/c1-10(2)20-15-13(16)6-7-14(19-15)18-9-12-5-4-11(3)17-8-12/h4-8,10H,9,16H2,1-3H3,(H,18,19). The Morgan fingerprint density at radius 3 is 2.70 bits per heavy atom. The molecule has 0 bridgehead atoms. The van der Waals surface area contributed by atoms with Gasteiger partial charge in [0.25, 0.3) is 0 Å². The van der Waals surface area contributed by atoms with E-state index in [0.29, 0.717) is 18.1 Å². The van der Waals surface area contributed by atoms with Crippen LogP contribution in [0.4, 0.5) is 11.5 Å². The second-order valence-corrected chi connectivity index (χ2v) is 4.92. The molecule has 0 unspecified atom stereocenters. The van der Waals surface area contributed by atoms with Crippen molar-refractivity contribution in [1.82, 2.24) is 9.97 Å². The minimum Gasteiger partial charge on any atom is -0.473 e. The Bertz CT molecular complexity index is 567. The molecule has 0 aliphatic heterocycles. The van der Waals surface area contributed by atoms with Crippen molar-refractivity contribution in [3.63, 3.8) is 0 Å². The van der Waals surface area contributed by atoms with Crippen molar-refractivity contribution in [3.8, 4) is 5.88 Å². The highest BCUT2D eigenvalue weighted by atomic mass is 16.5. The zero-order valence-electron chi connectivity index (χ0n) is 12.1. The largest absolute Gasteiger partial charge is 0.473 e. The Hall–Kier alpha value is -2.30. The van der Waals surface area contributed by atoms with Crippen LogP contribution in [0.2, 0.25) is 0 Å². The third-order valence-corrected chi connectivity index (χ3v) is 2.68. The summed E-state index contributed by atoms with van der Waals surface area (Å²) in [7, 11) is 0. The normalized spacial score (nSPS) is 10.6. The molecule has 3 N–H and O–H groups in total. The van der Waals surface area contributed by atoms with Crippen LogP contribution >= 0.6 is 0 Å². The Balaban J connectivity index is 2.04. The Kier molecular flexibility index (Phi) is 4.40. The molecule has 0 radical (unpaired) electrons. The van der Waals surface area contributed by atoms with Crippen molar-refractivity contribution in [2.24, 2.45) is 0 Å². The second kappa shape index (κ2) is 6.23. The first-order valence-corrected chi connectivity index (χ1v) is 6.63. The van der Waals surface area contributed by atoms with Gasteiger partial charge in [0.15, 0.2) is 0 Å². The van der Waals surface area contributed by atoms with E-state index in [1.807, 2.05) is 45.2 Å². The Morgan fingerprint density at radius 1 is 1.25 bits per heavy atom. The summed E-state index contributed by atoms with van der Waals surface area (Å²) in [6.07, 6.45) is 1.90. The van der Waals surface area contributed by atoms with Crippen LogP contribution in [0.3, 0.4) is 0 Å². The van der Waals surface area contributed by atoms with Crippen LogP contribution in [0.25, 0.3) is 0 Å². The van der Waals surface area contributed by atoms with Gasteiger partial charge in [0, 0.05) is 18.4 Å². The molecule has 2 aromatic rings. The second-order valence-electron chi connectivity index (χ2n) is 4.92. The van der Waals surface area contributed by atoms with E-state index in [1.165, 1.54) is 0 Å². The van der Waals surface area contributed by atoms with Crippen molar-refractivity contribution in [2.75, 3.05) is 11.1 Å². The molecule has 0 aliphatic carbocycles. The SMILES string of the molecule is Cc1ccc(CNc2ccc(N)c(OC(C)C)n2)cn1. The molecule has 20 heavy (non-hydrogen) atoms. The molecule has 106 valence electrons. The molecule has 5 heteroatoms. The molecule has 0 aliphatic rings. The van der Waals surface area contributed by atoms with Gasteiger partial charge in [0.05, 0.1) is 11.8 Å². The molecule has 0 saturated carbocycles. The molecule has 0 amide bonds. The highest BCUT2D eigenvalue weighted by molar-refractivity contribution is 5.53. The number of nitrogens with one attached hydrogen (secondary N) is 1. The number of nitrogens with zero attached hydrogens (tertiary/aromatic N) is 2. The van der Waals surface area contributed by atoms with Crippen LogP contribution in [-0.4, -0.2) is 16.1 Å². The summed E-state index contributed by atoms with van der Waals surface area (Å²) in [6, 6.07) is 7.66. The lowest BCUT2D eigenvalue weighted by Gasteiger charge is -2.13. The third kappa shape index (κ3) is 3.85. The monoisotopic (exact) mass is 272 g/mol. The summed E-state index contributed by atoms with van der Waals surface area (Å²) >= 11 is 0. The molecule has 0 aromatic carbocycles. The number of pyridine rings is 2. The van der Waals surface area contributed by atoms with Gasteiger partial charge in [-0.25, -0.2) is 0 Å². The molecule has 0 saturated heterocycles. The van der Waals surface area contributed by atoms with E-state index in [2.05, 4.69) is 15.3 Å². The first kappa shape index (κ1) is 14.1. The Morgan fingerprint density at radius 2 is 2.05 bits per heavy atom. The molecule has 2 rings (SSSR count). The molecule has 0 atom stereocenters. The van der Waals surface area contributed by atoms with Crippen molar-refractivity contribution in [3.05, 3.63) is 41.7 Å². The molecule has 2 heterocycles. The number of aryl methyl sites for hydroxylation is 1. The lowest BCUT2D eigenvalue weighted by atomic mass is 10.2. The fourth-order valence-electron chi connectivity index (χ4n) is 1.66. The van der Waals surface area contributed by atoms with Crippen LogP contribution in [0.1, 0.15) is 25.1 Å². The van der Waals surface area contributed by atoms with E-state index in [1.54, 1.807) is 6.07 Å². The van der Waals surface area contributed by atoms with Crippen molar-refractivity contribution in [1.29, 1.82) is 0 Å². The van der Waals surface area contributed by atoms with Crippen molar-refractivity contribution < 1.29 is 4.74 Å². The lowest BCUT2D eigenvalue weighted by Crippen LogP contribution is -2.10. The first-order chi connectivity index (χ1) is 9.54. The molecule has 0 spiro atoms. The van der Waals surface area contributed by atoms with Gasteiger partial charge in [-0.15, -0.1) is 0 Å². The third-order valence-electron chi connectivity index (χ3n) is 2.68. The van der Waals surface area contributed by atoms with Gasteiger partial charge in [0.2, 0.25) is 5.88 Å². The van der Waals surface area contributed by atoms with Crippen molar-refractivity contribution >= 4 is 11.5 Å². The number of hydrogen-bond acceptors (Lipinski definition) is 5. The van der Waals surface area contributed by atoms with E-state index in [0.717, 1.165) is 17.1 Å². The lowest BCUT2D eigenvalue weighted by molar-refractivity contribution is 0.234. The number of anilines is 2. The maximum Gasteiger partial charge on any atom is 0.239 e. The summed E-state index contributed by atoms with van der Waals surface area (Å²) in [5, 5.41) is 3.23. The number of hydrogen-bond donors (Lipinski definition) is 2. The maximum atomic E-state index is 5.84. The van der Waals surface area contributed by atoms with Gasteiger partial charge in [-0.05, 0) is 44.5 Å². The van der Waals surface area contributed by atoms with Gasteiger partial charge < -0.3 is 15.8 Å². The first-order valence-electron chi connectivity index (χ1n) is 6.63. The number of nitrogen functional groups attached to an aromatic ring is 1. The summed E-state index contributed by atoms with van der Waals surface area (Å²) in [5.74, 6) is 1.20. The van der Waals surface area contributed by atoms with E-state index in [4.69, 9.17) is 10.5 Å². The predicted octanol–water partition coefficient (Wildman–Crippen LogP) is 2.77. The topological polar surface area (TPSA) is 73.1 Å². The van der Waals surface area contributed by atoms with E-state index < -0.39 is 0 Å². The zero-order valence-corrected chi connectivity index (χ0v) is 12.1. The number of nitrogens with two attached hydrogens (primary N) is 1. The minimum absolute atomic E-state index is 0.0429. The van der Waals surface area contributed by atoms with Gasteiger partial charge in [0.1, 0.15) is 5.82 Å². The Labute approximate surface area is 119 Å². The highest BCUT2D eigenvalue weighted by Gasteiger charge is 2.06. The summed E-state index contributed by atoms with van der Waals surface area (Å²) in [4.78, 5) is 8.62. The summed E-state index contributed by atoms with van der Waals surface area (Å²) in [6.45, 7) is 6.51. The fraction of sp³-hybridized carbons (Fsp3) is 0.333. The molecule has 0 fully saturated rings. The summed E-state index contributed by atoms with van der Waals surface area (Å²) < 4.78 is 5.56. The van der Waals surface area contributed by atoms with E-state index in [9.17, 15) is 0 Å². The van der Waals surface area contributed by atoms with Crippen LogP contribution in [0, 0.1) is 6.92 Å². The van der Waals surface area contributed by atoms with Crippen LogP contribution in [0.5, 0.6) is 5.88 Å². The maximum absolute atomic E-state index is 5.84. The van der Waals surface area contributed by atoms with Crippen LogP contribution in [-0.2, 0) is 6.54 Å². The van der Waals surface area contributed by atoms with Gasteiger partial charge in [-0.1, -0.05) is 6.07 Å². The zero-order chi connectivity index (χ0) is 14.5. The molecular formula is C15H20N4O.